The third-order valence-corrected chi connectivity index (χ3v) is 3.09. The monoisotopic (exact) mass is 268 g/mol. The number of benzene rings is 2. The minimum absolute atomic E-state index is 0.579. The molecule has 0 bridgehead atoms. The van der Waals surface area contributed by atoms with Crippen LogP contribution in [-0.4, -0.2) is 11.6 Å². The maximum absolute atomic E-state index is 5.85. The summed E-state index contributed by atoms with van der Waals surface area (Å²) in [4.78, 5) is 4.50. The van der Waals surface area contributed by atoms with Gasteiger partial charge in [-0.1, -0.05) is 6.07 Å². The highest BCUT2D eigenvalue weighted by Gasteiger charge is 2.11. The lowest BCUT2D eigenvalue weighted by Crippen LogP contribution is -1.91. The number of nitrogens with zero attached hydrogens (tertiary/aromatic N) is 1. The van der Waals surface area contributed by atoms with Crippen LogP contribution in [0, 0.1) is 6.92 Å². The van der Waals surface area contributed by atoms with Crippen molar-refractivity contribution in [1.29, 1.82) is 0 Å². The summed E-state index contributed by atoms with van der Waals surface area (Å²) in [7, 11) is 0. The smallest absolute Gasteiger partial charge is 0.227 e. The minimum Gasteiger partial charge on any atom is -0.494 e. The molecule has 3 aromatic rings. The third-order valence-electron chi connectivity index (χ3n) is 3.09. The van der Waals surface area contributed by atoms with Crippen LogP contribution in [0.4, 0.5) is 5.69 Å². The molecule has 0 saturated heterocycles. The molecule has 3 rings (SSSR count). The fourth-order valence-corrected chi connectivity index (χ4v) is 2.24. The zero-order valence-electron chi connectivity index (χ0n) is 11.5. The number of anilines is 1. The van der Waals surface area contributed by atoms with Gasteiger partial charge in [0, 0.05) is 11.3 Å². The molecule has 2 aromatic carbocycles. The Balaban J connectivity index is 2.10. The molecule has 0 aliphatic rings. The number of hydrogen-bond acceptors (Lipinski definition) is 4. The fraction of sp³-hybridized carbons (Fsp3) is 0.188. The fourth-order valence-electron chi connectivity index (χ4n) is 2.24. The van der Waals surface area contributed by atoms with Crippen molar-refractivity contribution in [1.82, 2.24) is 4.98 Å². The van der Waals surface area contributed by atoms with Crippen molar-refractivity contribution in [2.24, 2.45) is 0 Å². The van der Waals surface area contributed by atoms with Gasteiger partial charge in [0.15, 0.2) is 5.58 Å². The average Bonchev–Trinajstić information content (AvgIpc) is 2.83. The summed E-state index contributed by atoms with van der Waals surface area (Å²) >= 11 is 0. The Kier molecular flexibility index (Phi) is 3.06. The lowest BCUT2D eigenvalue weighted by molar-refractivity contribution is 0.340. The van der Waals surface area contributed by atoms with Crippen molar-refractivity contribution in [3.8, 4) is 17.2 Å². The SMILES string of the molecule is CCOc1cccc(-c2nc3cc(N)cc(C)c3o2)c1. The Bertz CT molecular complexity index is 762. The second-order valence-electron chi connectivity index (χ2n) is 4.67. The minimum atomic E-state index is 0.579. The molecule has 1 heterocycles. The highest BCUT2D eigenvalue weighted by molar-refractivity contribution is 5.82. The number of aryl methyl sites for hydroxylation is 1. The van der Waals surface area contributed by atoms with Gasteiger partial charge in [-0.05, 0) is 49.7 Å². The lowest BCUT2D eigenvalue weighted by Gasteiger charge is -2.03. The number of nitrogen functional groups attached to an aromatic ring is 1. The second kappa shape index (κ2) is 4.89. The molecule has 0 aliphatic carbocycles. The van der Waals surface area contributed by atoms with Gasteiger partial charge < -0.3 is 14.9 Å². The summed E-state index contributed by atoms with van der Waals surface area (Å²) in [5, 5.41) is 0. The molecule has 4 nitrogen and oxygen atoms in total. The van der Waals surface area contributed by atoms with Gasteiger partial charge in [0.1, 0.15) is 11.3 Å². The molecule has 20 heavy (non-hydrogen) atoms. The Morgan fingerprint density at radius 1 is 1.25 bits per heavy atom. The Hall–Kier alpha value is -2.49. The van der Waals surface area contributed by atoms with Crippen LogP contribution in [0.25, 0.3) is 22.6 Å². The van der Waals surface area contributed by atoms with Crippen LogP contribution < -0.4 is 10.5 Å². The van der Waals surface area contributed by atoms with Crippen LogP contribution >= 0.6 is 0 Å². The lowest BCUT2D eigenvalue weighted by atomic mass is 10.2. The highest BCUT2D eigenvalue weighted by atomic mass is 16.5. The summed E-state index contributed by atoms with van der Waals surface area (Å²) < 4.78 is 11.3. The molecule has 0 aliphatic heterocycles. The first kappa shape index (κ1) is 12.5. The molecule has 0 radical (unpaired) electrons. The van der Waals surface area contributed by atoms with Gasteiger partial charge in [-0.25, -0.2) is 4.98 Å². The zero-order chi connectivity index (χ0) is 14.1. The average molecular weight is 268 g/mol. The molecule has 0 saturated carbocycles. The molecule has 0 fully saturated rings. The molecule has 4 heteroatoms. The molecule has 2 N–H and O–H groups in total. The second-order valence-corrected chi connectivity index (χ2v) is 4.67. The number of oxazole rings is 1. The van der Waals surface area contributed by atoms with Crippen molar-refractivity contribution < 1.29 is 9.15 Å². The van der Waals surface area contributed by atoms with E-state index in [0.29, 0.717) is 18.2 Å². The summed E-state index contributed by atoms with van der Waals surface area (Å²) in [6.07, 6.45) is 0. The van der Waals surface area contributed by atoms with Crippen molar-refractivity contribution in [2.45, 2.75) is 13.8 Å². The predicted octanol–water partition coefficient (Wildman–Crippen LogP) is 3.78. The summed E-state index contributed by atoms with van der Waals surface area (Å²) in [6.45, 7) is 4.55. The van der Waals surface area contributed by atoms with Crippen LogP contribution in [-0.2, 0) is 0 Å². The van der Waals surface area contributed by atoms with Crippen LogP contribution in [0.2, 0.25) is 0 Å². The van der Waals surface area contributed by atoms with Gasteiger partial charge in [0.25, 0.3) is 0 Å². The number of ether oxygens (including phenoxy) is 1. The van der Waals surface area contributed by atoms with Gasteiger partial charge in [0.05, 0.1) is 6.61 Å². The van der Waals surface area contributed by atoms with E-state index in [2.05, 4.69) is 4.98 Å². The first-order chi connectivity index (χ1) is 9.67. The Morgan fingerprint density at radius 2 is 2.10 bits per heavy atom. The molecule has 0 spiro atoms. The summed E-state index contributed by atoms with van der Waals surface area (Å²) in [5.41, 5.74) is 9.96. The third kappa shape index (κ3) is 2.20. The number of fused-ring (bicyclic) bond motifs is 1. The van der Waals surface area contributed by atoms with Crippen LogP contribution in [0.3, 0.4) is 0 Å². The van der Waals surface area contributed by atoms with E-state index in [-0.39, 0.29) is 0 Å². The van der Waals surface area contributed by atoms with Gasteiger partial charge in [-0.15, -0.1) is 0 Å². The number of aromatic nitrogens is 1. The highest BCUT2D eigenvalue weighted by Crippen LogP contribution is 2.29. The first-order valence-electron chi connectivity index (χ1n) is 6.57. The van der Waals surface area contributed by atoms with Gasteiger partial charge in [-0.3, -0.25) is 0 Å². The molecule has 1 aromatic heterocycles. The first-order valence-corrected chi connectivity index (χ1v) is 6.57. The van der Waals surface area contributed by atoms with E-state index < -0.39 is 0 Å². The summed E-state index contributed by atoms with van der Waals surface area (Å²) in [5.74, 6) is 1.39. The van der Waals surface area contributed by atoms with Gasteiger partial charge in [0.2, 0.25) is 5.89 Å². The molecule has 102 valence electrons. The maximum Gasteiger partial charge on any atom is 0.227 e. The number of nitrogens with two attached hydrogens (primary N) is 1. The van der Waals surface area contributed by atoms with E-state index in [9.17, 15) is 0 Å². The molecule has 0 unspecified atom stereocenters. The van der Waals surface area contributed by atoms with E-state index in [1.54, 1.807) is 0 Å². The quantitative estimate of drug-likeness (QED) is 0.734. The number of rotatable bonds is 3. The van der Waals surface area contributed by atoms with Gasteiger partial charge >= 0.3 is 0 Å². The van der Waals surface area contributed by atoms with E-state index in [1.165, 1.54) is 0 Å². The van der Waals surface area contributed by atoms with Crippen molar-refractivity contribution in [2.75, 3.05) is 12.3 Å². The van der Waals surface area contributed by atoms with Crippen molar-refractivity contribution in [3.63, 3.8) is 0 Å². The van der Waals surface area contributed by atoms with E-state index in [0.717, 1.165) is 28.0 Å². The summed E-state index contributed by atoms with van der Waals surface area (Å²) in [6, 6.07) is 11.4. The van der Waals surface area contributed by atoms with Crippen LogP contribution in [0.1, 0.15) is 12.5 Å². The maximum atomic E-state index is 5.85. The Morgan fingerprint density at radius 3 is 2.90 bits per heavy atom. The van der Waals surface area contributed by atoms with E-state index >= 15 is 0 Å². The topological polar surface area (TPSA) is 61.3 Å². The molecular formula is C16H16N2O2. The van der Waals surface area contributed by atoms with Crippen LogP contribution in [0.5, 0.6) is 5.75 Å². The molecule has 0 atom stereocenters. The standard InChI is InChI=1S/C16H16N2O2/c1-3-19-13-6-4-5-11(8-13)16-18-14-9-12(17)7-10(2)15(14)20-16/h4-9H,3,17H2,1-2H3. The normalized spacial score (nSPS) is 10.9. The van der Waals surface area contributed by atoms with Crippen molar-refractivity contribution >= 4 is 16.8 Å². The number of hydrogen-bond donors (Lipinski definition) is 1. The molecule has 0 amide bonds. The zero-order valence-corrected chi connectivity index (χ0v) is 11.5. The molecular weight excluding hydrogens is 252 g/mol. The van der Waals surface area contributed by atoms with E-state index in [1.807, 2.05) is 50.2 Å². The predicted molar refractivity (Wildman–Crippen MR) is 79.8 cm³/mol. The Labute approximate surface area is 117 Å². The largest absolute Gasteiger partial charge is 0.494 e. The van der Waals surface area contributed by atoms with E-state index in [4.69, 9.17) is 14.9 Å². The van der Waals surface area contributed by atoms with Crippen molar-refractivity contribution in [3.05, 3.63) is 42.0 Å². The van der Waals surface area contributed by atoms with Gasteiger partial charge in [-0.2, -0.15) is 0 Å². The van der Waals surface area contributed by atoms with Crippen LogP contribution in [0.15, 0.2) is 40.8 Å².